The highest BCUT2D eigenvalue weighted by Crippen LogP contribution is 2.31. The van der Waals surface area contributed by atoms with Gasteiger partial charge < -0.3 is 15.2 Å². The first kappa shape index (κ1) is 14.3. The number of morpholine rings is 1. The minimum absolute atomic E-state index is 0.0598. The Hall–Kier alpha value is -1.10. The Labute approximate surface area is 115 Å². The van der Waals surface area contributed by atoms with Gasteiger partial charge in [-0.05, 0) is 31.5 Å². The van der Waals surface area contributed by atoms with Crippen LogP contribution in [0.2, 0.25) is 0 Å². The highest BCUT2D eigenvalue weighted by molar-refractivity contribution is 5.30. The Kier molecular flexibility index (Phi) is 4.80. The van der Waals surface area contributed by atoms with E-state index >= 15 is 0 Å². The topological polar surface area (TPSA) is 47.7 Å². The van der Waals surface area contributed by atoms with Crippen molar-refractivity contribution in [2.24, 2.45) is 5.73 Å². The molecule has 1 fully saturated rings. The normalized spacial score (nSPS) is 24.7. The molecule has 2 rings (SSSR count). The summed E-state index contributed by atoms with van der Waals surface area (Å²) in [6.45, 7) is 6.68. The van der Waals surface area contributed by atoms with Crippen molar-refractivity contribution >= 4 is 0 Å². The molecule has 0 bridgehead atoms. The number of hydrogen-bond donors (Lipinski definition) is 1. The third kappa shape index (κ3) is 3.08. The van der Waals surface area contributed by atoms with Gasteiger partial charge in [0.05, 0.1) is 25.9 Å². The van der Waals surface area contributed by atoms with Crippen molar-refractivity contribution in [2.45, 2.75) is 32.0 Å². The quantitative estimate of drug-likeness (QED) is 0.901. The van der Waals surface area contributed by atoms with E-state index in [1.807, 2.05) is 12.1 Å². The molecular formula is C15H24N2O2. The van der Waals surface area contributed by atoms with Gasteiger partial charge in [-0.25, -0.2) is 0 Å². The summed E-state index contributed by atoms with van der Waals surface area (Å²) in [6, 6.07) is 8.91. The molecule has 1 heterocycles. The molecule has 0 radical (unpaired) electrons. The van der Waals surface area contributed by atoms with Gasteiger partial charge in [0.25, 0.3) is 0 Å². The van der Waals surface area contributed by atoms with Crippen LogP contribution < -0.4 is 10.5 Å². The monoisotopic (exact) mass is 264 g/mol. The average molecular weight is 264 g/mol. The van der Waals surface area contributed by atoms with Gasteiger partial charge in [-0.15, -0.1) is 0 Å². The van der Waals surface area contributed by atoms with Crippen LogP contribution in [0.5, 0.6) is 5.75 Å². The van der Waals surface area contributed by atoms with E-state index in [4.69, 9.17) is 15.2 Å². The average Bonchev–Trinajstić information content (AvgIpc) is 2.46. The van der Waals surface area contributed by atoms with E-state index in [-0.39, 0.29) is 12.1 Å². The van der Waals surface area contributed by atoms with Crippen LogP contribution in [-0.2, 0) is 4.74 Å². The molecule has 0 amide bonds. The van der Waals surface area contributed by atoms with Crippen molar-refractivity contribution < 1.29 is 9.47 Å². The Morgan fingerprint density at radius 1 is 1.37 bits per heavy atom. The fourth-order valence-corrected chi connectivity index (χ4v) is 2.74. The Morgan fingerprint density at radius 2 is 2.05 bits per heavy atom. The van der Waals surface area contributed by atoms with E-state index in [9.17, 15) is 0 Å². The number of ether oxygens (including phenoxy) is 2. The van der Waals surface area contributed by atoms with E-state index in [1.54, 1.807) is 7.11 Å². The maximum Gasteiger partial charge on any atom is 0.118 e. The molecule has 4 heteroatoms. The second kappa shape index (κ2) is 6.37. The maximum atomic E-state index is 5.87. The lowest BCUT2D eigenvalue weighted by atomic mass is 9.96. The lowest BCUT2D eigenvalue weighted by Crippen LogP contribution is -2.50. The zero-order valence-corrected chi connectivity index (χ0v) is 12.0. The summed E-state index contributed by atoms with van der Waals surface area (Å²) in [5.41, 5.74) is 7.11. The second-order valence-electron chi connectivity index (χ2n) is 5.19. The first-order chi connectivity index (χ1) is 9.17. The van der Waals surface area contributed by atoms with E-state index < -0.39 is 0 Å². The van der Waals surface area contributed by atoms with Crippen molar-refractivity contribution in [2.75, 3.05) is 26.8 Å². The zero-order valence-electron chi connectivity index (χ0n) is 12.0. The fraction of sp³-hybridized carbons (Fsp3) is 0.600. The molecule has 19 heavy (non-hydrogen) atoms. The number of rotatable bonds is 4. The minimum Gasteiger partial charge on any atom is -0.497 e. The number of methoxy groups -OCH3 is 1. The van der Waals surface area contributed by atoms with E-state index in [1.165, 1.54) is 5.56 Å². The number of hydrogen-bond acceptors (Lipinski definition) is 4. The van der Waals surface area contributed by atoms with Crippen LogP contribution in [0.25, 0.3) is 0 Å². The van der Waals surface area contributed by atoms with Crippen molar-refractivity contribution in [1.82, 2.24) is 4.90 Å². The molecular weight excluding hydrogens is 240 g/mol. The van der Waals surface area contributed by atoms with E-state index in [0.29, 0.717) is 12.6 Å². The number of benzene rings is 1. The van der Waals surface area contributed by atoms with Crippen molar-refractivity contribution in [1.29, 1.82) is 0 Å². The lowest BCUT2D eigenvalue weighted by Gasteiger charge is -2.43. The molecule has 0 aliphatic carbocycles. The largest absolute Gasteiger partial charge is 0.497 e. The third-order valence-electron chi connectivity index (χ3n) is 3.74. The van der Waals surface area contributed by atoms with Crippen molar-refractivity contribution in [3.63, 3.8) is 0 Å². The van der Waals surface area contributed by atoms with Gasteiger partial charge >= 0.3 is 0 Å². The number of nitrogens with two attached hydrogens (primary N) is 1. The Morgan fingerprint density at radius 3 is 2.58 bits per heavy atom. The van der Waals surface area contributed by atoms with Gasteiger partial charge in [0, 0.05) is 19.1 Å². The highest BCUT2D eigenvalue weighted by Gasteiger charge is 2.33. The molecule has 0 saturated carbocycles. The van der Waals surface area contributed by atoms with Crippen LogP contribution in [0.1, 0.15) is 25.5 Å². The Balaban J connectivity index is 2.28. The predicted octanol–water partition coefficient (Wildman–Crippen LogP) is 1.80. The SMILES string of the molecule is COc1ccc(C2C(CN)OCCN2C(C)C)cc1. The van der Waals surface area contributed by atoms with Crippen LogP contribution in [0, 0.1) is 0 Å². The standard InChI is InChI=1S/C15H24N2O2/c1-11(2)17-8-9-19-14(10-16)15(17)12-4-6-13(18-3)7-5-12/h4-7,11,14-15H,8-10,16H2,1-3H3. The van der Waals surface area contributed by atoms with Gasteiger partial charge in [0.2, 0.25) is 0 Å². The van der Waals surface area contributed by atoms with Gasteiger partial charge in [0.15, 0.2) is 0 Å². The fourth-order valence-electron chi connectivity index (χ4n) is 2.74. The molecule has 0 aromatic heterocycles. The minimum atomic E-state index is 0.0598. The maximum absolute atomic E-state index is 5.87. The highest BCUT2D eigenvalue weighted by atomic mass is 16.5. The smallest absolute Gasteiger partial charge is 0.118 e. The molecule has 2 N–H and O–H groups in total. The second-order valence-corrected chi connectivity index (χ2v) is 5.19. The Bertz CT molecular complexity index is 392. The molecule has 1 aliphatic rings. The van der Waals surface area contributed by atoms with Crippen LogP contribution in [0.3, 0.4) is 0 Å². The van der Waals surface area contributed by atoms with Gasteiger partial charge in [0.1, 0.15) is 5.75 Å². The first-order valence-corrected chi connectivity index (χ1v) is 6.88. The molecule has 106 valence electrons. The van der Waals surface area contributed by atoms with Gasteiger partial charge in [-0.2, -0.15) is 0 Å². The third-order valence-corrected chi connectivity index (χ3v) is 3.74. The summed E-state index contributed by atoms with van der Waals surface area (Å²) in [5.74, 6) is 0.876. The molecule has 1 aliphatic heterocycles. The molecule has 2 atom stereocenters. The molecule has 4 nitrogen and oxygen atoms in total. The summed E-state index contributed by atoms with van der Waals surface area (Å²) in [4.78, 5) is 2.46. The van der Waals surface area contributed by atoms with Crippen LogP contribution >= 0.6 is 0 Å². The predicted molar refractivity (Wildman–Crippen MR) is 76.4 cm³/mol. The molecule has 1 aromatic carbocycles. The molecule has 1 saturated heterocycles. The van der Waals surface area contributed by atoms with Crippen LogP contribution in [0.4, 0.5) is 0 Å². The molecule has 2 unspecified atom stereocenters. The van der Waals surface area contributed by atoms with Crippen molar-refractivity contribution in [3.8, 4) is 5.75 Å². The summed E-state index contributed by atoms with van der Waals surface area (Å²) >= 11 is 0. The summed E-state index contributed by atoms with van der Waals surface area (Å²) < 4.78 is 11.0. The summed E-state index contributed by atoms with van der Waals surface area (Å²) in [6.07, 6.45) is 0.0598. The first-order valence-electron chi connectivity index (χ1n) is 6.88. The molecule has 0 spiro atoms. The van der Waals surface area contributed by atoms with E-state index in [2.05, 4.69) is 30.9 Å². The lowest BCUT2D eigenvalue weighted by molar-refractivity contribution is -0.0789. The summed E-state index contributed by atoms with van der Waals surface area (Å²) in [7, 11) is 1.68. The number of nitrogens with zero attached hydrogens (tertiary/aromatic N) is 1. The van der Waals surface area contributed by atoms with Crippen LogP contribution in [-0.4, -0.2) is 43.9 Å². The van der Waals surface area contributed by atoms with Crippen LogP contribution in [0.15, 0.2) is 24.3 Å². The molecule has 1 aromatic rings. The zero-order chi connectivity index (χ0) is 13.8. The van der Waals surface area contributed by atoms with Crippen molar-refractivity contribution in [3.05, 3.63) is 29.8 Å². The van der Waals surface area contributed by atoms with E-state index in [0.717, 1.165) is 18.9 Å². The van der Waals surface area contributed by atoms with Gasteiger partial charge in [-0.1, -0.05) is 12.1 Å². The summed E-state index contributed by atoms with van der Waals surface area (Å²) in [5, 5.41) is 0. The van der Waals surface area contributed by atoms with Gasteiger partial charge in [-0.3, -0.25) is 4.90 Å².